The van der Waals surface area contributed by atoms with Crippen molar-refractivity contribution < 1.29 is 30.2 Å². The van der Waals surface area contributed by atoms with Crippen LogP contribution in [0.3, 0.4) is 0 Å². The summed E-state index contributed by atoms with van der Waals surface area (Å²) in [6, 6.07) is 7.97. The third-order valence-electron chi connectivity index (χ3n) is 3.83. The third kappa shape index (κ3) is 3.82. The van der Waals surface area contributed by atoms with Crippen molar-refractivity contribution in [1.82, 2.24) is 0 Å². The van der Waals surface area contributed by atoms with Gasteiger partial charge in [-0.2, -0.15) is 21.6 Å². The quantitative estimate of drug-likeness (QED) is 0.488. The van der Waals surface area contributed by atoms with Gasteiger partial charge in [0.05, 0.1) is 5.56 Å². The van der Waals surface area contributed by atoms with E-state index in [9.17, 15) is 26.4 Å². The predicted molar refractivity (Wildman–Crippen MR) is 91.2 cm³/mol. The van der Waals surface area contributed by atoms with Crippen molar-refractivity contribution in [3.63, 3.8) is 0 Å². The van der Waals surface area contributed by atoms with Crippen LogP contribution in [0.25, 0.3) is 11.0 Å². The van der Waals surface area contributed by atoms with E-state index in [1.165, 1.54) is 6.07 Å². The average molecular weight is 398 g/mol. The van der Waals surface area contributed by atoms with E-state index in [4.69, 9.17) is 8.60 Å². The van der Waals surface area contributed by atoms with Gasteiger partial charge in [0, 0.05) is 17.5 Å². The van der Waals surface area contributed by atoms with Crippen molar-refractivity contribution in [3.8, 4) is 5.75 Å². The standard InChI is InChI=1S/C18H13F3O5S/c1-10-3-6-16(11(2)7-10)27(23,24)26-12-4-5-13-14(18(19,20)21)9-17(22)25-15(13)8-12/h3-9H,1-2H3. The van der Waals surface area contributed by atoms with Crippen molar-refractivity contribution in [2.24, 2.45) is 0 Å². The first kappa shape index (κ1) is 19.0. The van der Waals surface area contributed by atoms with Gasteiger partial charge < -0.3 is 8.60 Å². The summed E-state index contributed by atoms with van der Waals surface area (Å²) in [5.41, 5.74) is -1.48. The minimum atomic E-state index is -4.76. The van der Waals surface area contributed by atoms with Crippen LogP contribution in [-0.4, -0.2) is 8.42 Å². The van der Waals surface area contributed by atoms with Crippen LogP contribution in [0.2, 0.25) is 0 Å². The summed E-state index contributed by atoms with van der Waals surface area (Å²) in [5.74, 6) is -0.273. The third-order valence-corrected chi connectivity index (χ3v) is 5.24. The van der Waals surface area contributed by atoms with Gasteiger partial charge in [0.15, 0.2) is 0 Å². The second-order valence-corrected chi connectivity index (χ2v) is 7.46. The topological polar surface area (TPSA) is 73.6 Å². The normalized spacial score (nSPS) is 12.3. The molecule has 0 bridgehead atoms. The van der Waals surface area contributed by atoms with Gasteiger partial charge in [0.1, 0.15) is 16.2 Å². The van der Waals surface area contributed by atoms with Crippen molar-refractivity contribution in [2.75, 3.05) is 0 Å². The van der Waals surface area contributed by atoms with Crippen LogP contribution in [0.4, 0.5) is 13.2 Å². The van der Waals surface area contributed by atoms with Crippen molar-refractivity contribution in [3.05, 3.63) is 69.6 Å². The molecule has 0 amide bonds. The molecule has 0 aliphatic carbocycles. The van der Waals surface area contributed by atoms with Gasteiger partial charge in [-0.3, -0.25) is 0 Å². The summed E-state index contributed by atoms with van der Waals surface area (Å²) in [7, 11) is -4.22. The number of aryl methyl sites for hydroxylation is 2. The Bertz CT molecular complexity index is 1190. The average Bonchev–Trinajstić information content (AvgIpc) is 2.52. The lowest BCUT2D eigenvalue weighted by atomic mass is 10.1. The van der Waals surface area contributed by atoms with E-state index in [2.05, 4.69) is 0 Å². The molecule has 0 aliphatic heterocycles. The summed E-state index contributed by atoms with van der Waals surface area (Å²) in [6.45, 7) is 3.39. The van der Waals surface area contributed by atoms with Crippen molar-refractivity contribution in [2.45, 2.75) is 24.9 Å². The molecule has 2 aromatic carbocycles. The maximum Gasteiger partial charge on any atom is 0.417 e. The van der Waals surface area contributed by atoms with E-state index in [1.54, 1.807) is 26.0 Å². The summed E-state index contributed by atoms with van der Waals surface area (Å²) in [6.07, 6.45) is -4.76. The molecule has 0 saturated carbocycles. The van der Waals surface area contributed by atoms with Gasteiger partial charge in [0.2, 0.25) is 0 Å². The Morgan fingerprint density at radius 3 is 2.33 bits per heavy atom. The highest BCUT2D eigenvalue weighted by Gasteiger charge is 2.34. The first-order chi connectivity index (χ1) is 12.5. The Morgan fingerprint density at radius 1 is 1.00 bits per heavy atom. The molecule has 0 aliphatic rings. The van der Waals surface area contributed by atoms with Crippen LogP contribution in [0.15, 0.2) is 56.6 Å². The summed E-state index contributed by atoms with van der Waals surface area (Å²) in [5, 5.41) is -0.377. The van der Waals surface area contributed by atoms with Crippen LogP contribution in [-0.2, 0) is 16.3 Å². The maximum absolute atomic E-state index is 13.1. The van der Waals surface area contributed by atoms with Gasteiger partial charge in [-0.25, -0.2) is 4.79 Å². The second-order valence-electron chi connectivity index (χ2n) is 5.94. The molecule has 0 saturated heterocycles. The highest BCUT2D eigenvalue weighted by atomic mass is 32.2. The molecule has 0 N–H and O–H groups in total. The van der Waals surface area contributed by atoms with Gasteiger partial charge in [-0.15, -0.1) is 0 Å². The van der Waals surface area contributed by atoms with E-state index in [0.29, 0.717) is 11.6 Å². The molecular formula is C18H13F3O5S. The van der Waals surface area contributed by atoms with Gasteiger partial charge in [-0.1, -0.05) is 17.7 Å². The van der Waals surface area contributed by atoms with E-state index in [1.807, 2.05) is 0 Å². The minimum Gasteiger partial charge on any atom is -0.423 e. The lowest BCUT2D eigenvalue weighted by Crippen LogP contribution is -2.12. The van der Waals surface area contributed by atoms with E-state index >= 15 is 0 Å². The highest BCUT2D eigenvalue weighted by Crippen LogP contribution is 2.35. The lowest BCUT2D eigenvalue weighted by Gasteiger charge is -2.12. The fourth-order valence-electron chi connectivity index (χ4n) is 2.68. The Hall–Kier alpha value is -2.81. The van der Waals surface area contributed by atoms with Crippen molar-refractivity contribution >= 4 is 21.1 Å². The van der Waals surface area contributed by atoms with Gasteiger partial charge >= 0.3 is 21.9 Å². The monoisotopic (exact) mass is 398 g/mol. The fourth-order valence-corrected chi connectivity index (χ4v) is 3.82. The molecule has 3 aromatic rings. The number of hydrogen-bond acceptors (Lipinski definition) is 5. The highest BCUT2D eigenvalue weighted by molar-refractivity contribution is 7.87. The molecule has 0 atom stereocenters. The Morgan fingerprint density at radius 2 is 1.70 bits per heavy atom. The molecule has 0 unspecified atom stereocenters. The molecule has 142 valence electrons. The summed E-state index contributed by atoms with van der Waals surface area (Å²) >= 11 is 0. The van der Waals surface area contributed by atoms with E-state index in [0.717, 1.165) is 23.8 Å². The molecule has 9 heteroatoms. The number of halogens is 3. The predicted octanol–water partition coefficient (Wildman–Crippen LogP) is 4.20. The number of benzene rings is 2. The number of hydrogen-bond donors (Lipinski definition) is 0. The minimum absolute atomic E-state index is 0.0707. The molecule has 5 nitrogen and oxygen atoms in total. The molecule has 0 spiro atoms. The van der Waals surface area contributed by atoms with Crippen LogP contribution >= 0.6 is 0 Å². The first-order valence-electron chi connectivity index (χ1n) is 7.64. The summed E-state index contributed by atoms with van der Waals surface area (Å²) < 4.78 is 73.9. The van der Waals surface area contributed by atoms with Gasteiger partial charge in [0.25, 0.3) is 0 Å². The zero-order valence-electron chi connectivity index (χ0n) is 14.1. The Labute approximate surface area is 152 Å². The SMILES string of the molecule is Cc1ccc(S(=O)(=O)Oc2ccc3c(C(F)(F)F)cc(=O)oc3c2)c(C)c1. The van der Waals surface area contributed by atoms with Crippen LogP contribution in [0.5, 0.6) is 5.75 Å². The Kier molecular flexibility index (Phi) is 4.51. The summed E-state index contributed by atoms with van der Waals surface area (Å²) in [4.78, 5) is 11.3. The first-order valence-corrected chi connectivity index (χ1v) is 9.05. The van der Waals surface area contributed by atoms with Crippen LogP contribution in [0.1, 0.15) is 16.7 Å². The van der Waals surface area contributed by atoms with E-state index in [-0.39, 0.29) is 16.0 Å². The molecular weight excluding hydrogens is 385 g/mol. The maximum atomic E-state index is 13.1. The molecule has 1 aromatic heterocycles. The zero-order valence-corrected chi connectivity index (χ0v) is 14.9. The van der Waals surface area contributed by atoms with Gasteiger partial charge in [-0.05, 0) is 37.6 Å². The molecule has 1 heterocycles. The lowest BCUT2D eigenvalue weighted by molar-refractivity contribution is -0.136. The fraction of sp³-hybridized carbons (Fsp3) is 0.167. The van der Waals surface area contributed by atoms with Crippen LogP contribution < -0.4 is 9.81 Å². The largest absolute Gasteiger partial charge is 0.423 e. The molecule has 0 fully saturated rings. The smallest absolute Gasteiger partial charge is 0.417 e. The molecule has 27 heavy (non-hydrogen) atoms. The molecule has 3 rings (SSSR count). The number of rotatable bonds is 3. The van der Waals surface area contributed by atoms with Crippen molar-refractivity contribution in [1.29, 1.82) is 0 Å². The second kappa shape index (κ2) is 6.41. The van der Waals surface area contributed by atoms with Crippen LogP contribution in [0, 0.1) is 13.8 Å². The number of alkyl halides is 3. The zero-order chi connectivity index (χ0) is 20.0. The number of fused-ring (bicyclic) bond motifs is 1. The molecule has 0 radical (unpaired) electrons. The Balaban J connectivity index is 2.07. The van der Waals surface area contributed by atoms with E-state index < -0.39 is 33.1 Å².